The molecule has 1 rings (SSSR count). The van der Waals surface area contributed by atoms with Crippen LogP contribution in [0, 0.1) is 10.8 Å². The first-order valence-corrected chi connectivity index (χ1v) is 6.13. The molecule has 0 aromatic heterocycles. The molecule has 1 saturated heterocycles. The SMILES string of the molecule is CCN1CCCN(C(=O)C#CBr)C(C)C1. The number of hydrogen-bond acceptors (Lipinski definition) is 2. The average molecular weight is 273 g/mol. The van der Waals surface area contributed by atoms with E-state index in [0.717, 1.165) is 32.6 Å². The van der Waals surface area contributed by atoms with Crippen molar-refractivity contribution in [1.29, 1.82) is 0 Å². The highest BCUT2D eigenvalue weighted by Crippen LogP contribution is 2.09. The van der Waals surface area contributed by atoms with E-state index in [9.17, 15) is 4.79 Å². The van der Waals surface area contributed by atoms with Crippen LogP contribution in [0.25, 0.3) is 0 Å². The fourth-order valence-corrected chi connectivity index (χ4v) is 2.12. The Balaban J connectivity index is 2.65. The van der Waals surface area contributed by atoms with Crippen LogP contribution in [0.4, 0.5) is 0 Å². The maximum atomic E-state index is 11.7. The summed E-state index contributed by atoms with van der Waals surface area (Å²) >= 11 is 2.96. The number of carbonyl (C=O) groups excluding carboxylic acids is 1. The molecule has 1 unspecified atom stereocenters. The Kier molecular flexibility index (Phi) is 5.13. The third-order valence-corrected chi connectivity index (χ3v) is 2.99. The van der Waals surface area contributed by atoms with Crippen LogP contribution in [0.2, 0.25) is 0 Å². The molecule has 0 aromatic carbocycles. The Bertz CT molecular complexity index is 282. The minimum absolute atomic E-state index is 0.0719. The lowest BCUT2D eigenvalue weighted by Gasteiger charge is -2.26. The molecular weight excluding hydrogens is 256 g/mol. The minimum Gasteiger partial charge on any atom is -0.328 e. The van der Waals surface area contributed by atoms with Crippen molar-refractivity contribution in [2.45, 2.75) is 26.3 Å². The van der Waals surface area contributed by atoms with Crippen molar-refractivity contribution in [3.63, 3.8) is 0 Å². The van der Waals surface area contributed by atoms with Crippen LogP contribution in [0.3, 0.4) is 0 Å². The Morgan fingerprint density at radius 1 is 1.53 bits per heavy atom. The van der Waals surface area contributed by atoms with Gasteiger partial charge in [0.15, 0.2) is 0 Å². The first-order chi connectivity index (χ1) is 7.19. The van der Waals surface area contributed by atoms with Crippen LogP contribution in [0.5, 0.6) is 0 Å². The predicted molar refractivity (Wildman–Crippen MR) is 64.6 cm³/mol. The normalized spacial score (nSPS) is 22.9. The molecule has 1 amide bonds. The second-order valence-electron chi connectivity index (χ2n) is 3.81. The van der Waals surface area contributed by atoms with Gasteiger partial charge in [-0.1, -0.05) is 6.92 Å². The van der Waals surface area contributed by atoms with E-state index in [-0.39, 0.29) is 11.9 Å². The zero-order valence-electron chi connectivity index (χ0n) is 9.29. The monoisotopic (exact) mass is 272 g/mol. The number of nitrogens with zero attached hydrogens (tertiary/aromatic N) is 2. The van der Waals surface area contributed by atoms with Gasteiger partial charge in [-0.3, -0.25) is 4.79 Å². The molecule has 0 saturated carbocycles. The molecule has 0 aromatic rings. The Morgan fingerprint density at radius 2 is 2.27 bits per heavy atom. The summed E-state index contributed by atoms with van der Waals surface area (Å²) < 4.78 is 0. The van der Waals surface area contributed by atoms with Crippen LogP contribution < -0.4 is 0 Å². The molecule has 0 radical (unpaired) electrons. The molecule has 0 spiro atoms. The van der Waals surface area contributed by atoms with Gasteiger partial charge in [0.2, 0.25) is 0 Å². The lowest BCUT2D eigenvalue weighted by molar-refractivity contribution is -0.126. The molecule has 0 N–H and O–H groups in total. The van der Waals surface area contributed by atoms with Gasteiger partial charge in [-0.15, -0.1) is 0 Å². The number of carbonyl (C=O) groups is 1. The van der Waals surface area contributed by atoms with Crippen molar-refractivity contribution in [3.05, 3.63) is 0 Å². The van der Waals surface area contributed by atoms with Crippen LogP contribution in [-0.4, -0.2) is 47.9 Å². The number of amides is 1. The lowest BCUT2D eigenvalue weighted by Crippen LogP contribution is -2.42. The molecule has 1 fully saturated rings. The summed E-state index contributed by atoms with van der Waals surface area (Å²) in [5.74, 6) is 2.47. The molecule has 1 aliphatic heterocycles. The van der Waals surface area contributed by atoms with Crippen LogP contribution in [0.1, 0.15) is 20.3 Å². The molecule has 4 heteroatoms. The van der Waals surface area contributed by atoms with Crippen LogP contribution >= 0.6 is 15.9 Å². The highest BCUT2D eigenvalue weighted by atomic mass is 79.9. The Hall–Kier alpha value is -0.530. The quantitative estimate of drug-likeness (QED) is 0.672. The summed E-state index contributed by atoms with van der Waals surface area (Å²) in [6.07, 6.45) is 1.04. The van der Waals surface area contributed by atoms with E-state index in [2.05, 4.69) is 45.4 Å². The molecule has 0 aliphatic carbocycles. The van der Waals surface area contributed by atoms with Gasteiger partial charge >= 0.3 is 0 Å². The second kappa shape index (κ2) is 6.14. The topological polar surface area (TPSA) is 23.6 Å². The maximum Gasteiger partial charge on any atom is 0.299 e. The number of hydrogen-bond donors (Lipinski definition) is 0. The molecular formula is C11H17BrN2O. The van der Waals surface area contributed by atoms with E-state index >= 15 is 0 Å². The second-order valence-corrected chi connectivity index (χ2v) is 4.21. The van der Waals surface area contributed by atoms with Crippen molar-refractivity contribution in [2.24, 2.45) is 0 Å². The standard InChI is InChI=1S/C11H17BrN2O/c1-3-13-7-4-8-14(10(2)9-13)11(15)5-6-12/h10H,3-4,7-9H2,1-2H3. The number of halogens is 1. The van der Waals surface area contributed by atoms with Crippen molar-refractivity contribution in [2.75, 3.05) is 26.2 Å². The van der Waals surface area contributed by atoms with Crippen molar-refractivity contribution < 1.29 is 4.79 Å². The first-order valence-electron chi connectivity index (χ1n) is 5.33. The largest absolute Gasteiger partial charge is 0.328 e. The van der Waals surface area contributed by atoms with E-state index in [4.69, 9.17) is 0 Å². The molecule has 0 bridgehead atoms. The van der Waals surface area contributed by atoms with E-state index < -0.39 is 0 Å². The van der Waals surface area contributed by atoms with Crippen LogP contribution in [-0.2, 0) is 4.79 Å². The highest BCUT2D eigenvalue weighted by molar-refractivity contribution is 9.12. The van der Waals surface area contributed by atoms with E-state index in [1.807, 2.05) is 4.90 Å². The molecule has 3 nitrogen and oxygen atoms in total. The van der Waals surface area contributed by atoms with E-state index in [1.54, 1.807) is 0 Å². The third-order valence-electron chi connectivity index (χ3n) is 2.79. The van der Waals surface area contributed by atoms with Crippen molar-refractivity contribution >= 4 is 21.8 Å². The van der Waals surface area contributed by atoms with Crippen molar-refractivity contribution in [1.82, 2.24) is 9.80 Å². The lowest BCUT2D eigenvalue weighted by atomic mass is 10.2. The molecule has 84 valence electrons. The summed E-state index contributed by atoms with van der Waals surface area (Å²) in [6, 6.07) is 0.258. The fraction of sp³-hybridized carbons (Fsp3) is 0.727. The smallest absolute Gasteiger partial charge is 0.299 e. The number of rotatable bonds is 1. The zero-order valence-corrected chi connectivity index (χ0v) is 10.9. The van der Waals surface area contributed by atoms with E-state index in [1.165, 1.54) is 0 Å². The first kappa shape index (κ1) is 12.5. The Labute approximate surface area is 99.9 Å². The van der Waals surface area contributed by atoms with E-state index in [0.29, 0.717) is 0 Å². The highest BCUT2D eigenvalue weighted by Gasteiger charge is 2.23. The van der Waals surface area contributed by atoms with Gasteiger partial charge in [0.05, 0.1) is 0 Å². The predicted octanol–water partition coefficient (Wildman–Crippen LogP) is 1.28. The molecule has 1 atom stereocenters. The van der Waals surface area contributed by atoms with Gasteiger partial charge in [0.1, 0.15) is 0 Å². The summed E-state index contributed by atoms with van der Waals surface area (Å²) in [5.41, 5.74) is 0. The average Bonchev–Trinajstić information content (AvgIpc) is 2.40. The van der Waals surface area contributed by atoms with Gasteiger partial charge in [-0.2, -0.15) is 0 Å². The van der Waals surface area contributed by atoms with Gasteiger partial charge in [-0.05, 0) is 31.3 Å². The minimum atomic E-state index is -0.0719. The van der Waals surface area contributed by atoms with Crippen LogP contribution in [0.15, 0.2) is 0 Å². The molecule has 1 heterocycles. The van der Waals surface area contributed by atoms with Gasteiger partial charge in [-0.25, -0.2) is 0 Å². The summed E-state index contributed by atoms with van der Waals surface area (Å²) in [6.45, 7) is 8.14. The van der Waals surface area contributed by atoms with Gasteiger partial charge in [0, 0.05) is 41.0 Å². The molecule has 1 aliphatic rings. The van der Waals surface area contributed by atoms with Crippen molar-refractivity contribution in [3.8, 4) is 10.8 Å². The Morgan fingerprint density at radius 3 is 2.87 bits per heavy atom. The third kappa shape index (κ3) is 3.51. The zero-order chi connectivity index (χ0) is 11.3. The summed E-state index contributed by atoms with van der Waals surface area (Å²) in [7, 11) is 0. The van der Waals surface area contributed by atoms with Gasteiger partial charge in [0.25, 0.3) is 5.91 Å². The summed E-state index contributed by atoms with van der Waals surface area (Å²) in [5, 5.41) is 0. The summed E-state index contributed by atoms with van der Waals surface area (Å²) in [4.78, 5) is 18.4. The number of likely N-dealkylation sites (N-methyl/N-ethyl adjacent to an activating group) is 1. The fourth-order valence-electron chi connectivity index (χ4n) is 1.95. The van der Waals surface area contributed by atoms with Gasteiger partial charge < -0.3 is 9.80 Å². The maximum absolute atomic E-state index is 11.7. The molecule has 15 heavy (non-hydrogen) atoms.